The van der Waals surface area contributed by atoms with Gasteiger partial charge in [0.2, 0.25) is 11.8 Å². The van der Waals surface area contributed by atoms with Crippen molar-refractivity contribution in [3.63, 3.8) is 0 Å². The van der Waals surface area contributed by atoms with E-state index in [1.54, 1.807) is 61.5 Å². The van der Waals surface area contributed by atoms with Crippen LogP contribution in [0.3, 0.4) is 0 Å². The first kappa shape index (κ1) is 34.8. The van der Waals surface area contributed by atoms with Gasteiger partial charge in [-0.25, -0.2) is 8.42 Å². The number of nitrogens with one attached hydrogen (secondary N) is 1. The van der Waals surface area contributed by atoms with E-state index in [0.717, 1.165) is 22.7 Å². The molecule has 0 saturated heterocycles. The number of aryl methyl sites for hydroxylation is 1. The molecule has 1 unspecified atom stereocenters. The summed E-state index contributed by atoms with van der Waals surface area (Å²) in [6, 6.07) is 26.1. The number of rotatable bonds is 14. The lowest BCUT2D eigenvalue weighted by atomic mass is 10.1. The molecule has 0 spiro atoms. The fourth-order valence-electron chi connectivity index (χ4n) is 4.62. The number of carbonyl (C=O) groups excluding carboxylic acids is 2. The van der Waals surface area contributed by atoms with Crippen LogP contribution < -0.4 is 14.4 Å². The lowest BCUT2D eigenvalue weighted by Crippen LogP contribution is -2.51. The summed E-state index contributed by atoms with van der Waals surface area (Å²) in [6.07, 6.45) is 1.67. The third kappa shape index (κ3) is 9.02. The summed E-state index contributed by atoms with van der Waals surface area (Å²) in [5.74, 6) is 0.188. The molecule has 1 N–H and O–H groups in total. The second-order valence-corrected chi connectivity index (χ2v) is 13.5. The maximum Gasteiger partial charge on any atom is 0.264 e. The Bertz CT molecular complexity index is 1730. The highest BCUT2D eigenvalue weighted by Crippen LogP contribution is 2.29. The van der Waals surface area contributed by atoms with Gasteiger partial charge in [-0.15, -0.1) is 0 Å². The molecule has 4 aromatic carbocycles. The van der Waals surface area contributed by atoms with Crippen molar-refractivity contribution >= 4 is 50.7 Å². The van der Waals surface area contributed by atoms with E-state index in [9.17, 15) is 18.0 Å². The predicted octanol–water partition coefficient (Wildman–Crippen LogP) is 7.62. The van der Waals surface area contributed by atoms with Gasteiger partial charge in [0.15, 0.2) is 0 Å². The third-order valence-electron chi connectivity index (χ3n) is 7.33. The molecule has 0 bridgehead atoms. The van der Waals surface area contributed by atoms with E-state index in [2.05, 4.69) is 5.32 Å². The number of nitrogens with zero attached hydrogens (tertiary/aromatic N) is 2. The van der Waals surface area contributed by atoms with E-state index in [1.807, 2.05) is 44.2 Å². The molecule has 8 nitrogen and oxygen atoms in total. The molecule has 4 rings (SSSR count). The largest absolute Gasteiger partial charge is 0.457 e. The number of amides is 2. The summed E-state index contributed by atoms with van der Waals surface area (Å²) in [5.41, 5.74) is 1.77. The molecule has 4 aromatic rings. The summed E-state index contributed by atoms with van der Waals surface area (Å²) in [4.78, 5) is 28.7. The van der Waals surface area contributed by atoms with E-state index in [1.165, 1.54) is 17.0 Å². The topological polar surface area (TPSA) is 96.0 Å². The lowest BCUT2D eigenvalue weighted by Gasteiger charge is -2.32. The Labute approximate surface area is 280 Å². The minimum absolute atomic E-state index is 0.000357. The van der Waals surface area contributed by atoms with Crippen molar-refractivity contribution in [3.8, 4) is 11.5 Å². The van der Waals surface area contributed by atoms with Gasteiger partial charge in [0, 0.05) is 13.1 Å². The fourth-order valence-corrected chi connectivity index (χ4v) is 6.36. The van der Waals surface area contributed by atoms with Crippen LogP contribution in [0.15, 0.2) is 102 Å². The van der Waals surface area contributed by atoms with Gasteiger partial charge < -0.3 is 15.0 Å². The molecule has 1 atom stereocenters. The molecule has 0 heterocycles. The first-order chi connectivity index (χ1) is 22.0. The van der Waals surface area contributed by atoms with E-state index < -0.39 is 28.5 Å². The third-order valence-corrected chi connectivity index (χ3v) is 9.85. The Morgan fingerprint density at radius 2 is 1.52 bits per heavy atom. The highest BCUT2D eigenvalue weighted by Gasteiger charge is 2.32. The van der Waals surface area contributed by atoms with E-state index in [4.69, 9.17) is 27.9 Å². The van der Waals surface area contributed by atoms with Crippen LogP contribution in [0, 0.1) is 6.92 Å². The summed E-state index contributed by atoms with van der Waals surface area (Å²) in [5, 5.41) is 3.52. The first-order valence-corrected chi connectivity index (χ1v) is 17.1. The lowest BCUT2D eigenvalue weighted by molar-refractivity contribution is -0.139. The average molecular weight is 683 g/mol. The minimum atomic E-state index is -4.21. The quantitative estimate of drug-likeness (QED) is 0.138. The van der Waals surface area contributed by atoms with Crippen LogP contribution in [0.1, 0.15) is 37.8 Å². The van der Waals surface area contributed by atoms with Crippen LogP contribution in [-0.4, -0.2) is 44.3 Å². The van der Waals surface area contributed by atoms with E-state index in [-0.39, 0.29) is 23.0 Å². The molecule has 0 radical (unpaired) electrons. The van der Waals surface area contributed by atoms with Crippen LogP contribution >= 0.6 is 23.2 Å². The van der Waals surface area contributed by atoms with E-state index in [0.29, 0.717) is 33.7 Å². The van der Waals surface area contributed by atoms with Gasteiger partial charge in [-0.3, -0.25) is 13.9 Å². The second kappa shape index (κ2) is 16.0. The van der Waals surface area contributed by atoms with Crippen molar-refractivity contribution in [2.45, 2.75) is 51.1 Å². The molecule has 0 aliphatic carbocycles. The second-order valence-electron chi connectivity index (χ2n) is 10.8. The van der Waals surface area contributed by atoms with Gasteiger partial charge in [0.1, 0.15) is 24.1 Å². The smallest absolute Gasteiger partial charge is 0.264 e. The molecule has 2 amide bonds. The Morgan fingerprint density at radius 1 is 0.870 bits per heavy atom. The van der Waals surface area contributed by atoms with Crippen LogP contribution in [0.2, 0.25) is 10.0 Å². The monoisotopic (exact) mass is 681 g/mol. The number of benzene rings is 4. The van der Waals surface area contributed by atoms with E-state index >= 15 is 0 Å². The standard InChI is InChI=1S/C35H37Cl2N3O5S/c1-4-5-21-38-35(42)26(3)39(23-27-13-20-32(36)33(37)22-27)34(41)24-40(46(43,44)31-18-11-25(2)12-19-31)28-14-16-30(17-15-28)45-29-9-7-6-8-10-29/h6-20,22,26H,4-5,21,23-24H2,1-3H3,(H,38,42). The molecule has 0 fully saturated rings. The maximum absolute atomic E-state index is 14.2. The SMILES string of the molecule is CCCCNC(=O)C(C)N(Cc1ccc(Cl)c(Cl)c1)C(=O)CN(c1ccc(Oc2ccccc2)cc1)S(=O)(=O)c1ccc(C)cc1. The number of hydrogen-bond acceptors (Lipinski definition) is 5. The van der Waals surface area contributed by atoms with Gasteiger partial charge in [0.25, 0.3) is 10.0 Å². The Morgan fingerprint density at radius 3 is 2.15 bits per heavy atom. The molecule has 0 aliphatic heterocycles. The molecule has 0 aromatic heterocycles. The zero-order valence-electron chi connectivity index (χ0n) is 26.0. The van der Waals surface area contributed by atoms with Crippen molar-refractivity contribution in [2.24, 2.45) is 0 Å². The van der Waals surface area contributed by atoms with Crippen molar-refractivity contribution in [2.75, 3.05) is 17.4 Å². The Hall–Kier alpha value is -4.05. The number of hydrogen-bond donors (Lipinski definition) is 1. The molecular weight excluding hydrogens is 645 g/mol. The molecule has 0 saturated carbocycles. The zero-order chi connectivity index (χ0) is 33.3. The average Bonchev–Trinajstić information content (AvgIpc) is 3.05. The van der Waals surface area contributed by atoms with Crippen LogP contribution in [0.4, 0.5) is 5.69 Å². The summed E-state index contributed by atoms with van der Waals surface area (Å²) < 4.78 is 35.2. The number of halogens is 2. The number of unbranched alkanes of at least 4 members (excludes halogenated alkanes) is 1. The van der Waals surface area contributed by atoms with Crippen LogP contribution in [-0.2, 0) is 26.2 Å². The van der Waals surface area contributed by atoms with Crippen molar-refractivity contribution in [3.05, 3.63) is 118 Å². The van der Waals surface area contributed by atoms with Crippen LogP contribution in [0.5, 0.6) is 11.5 Å². The molecule has 0 aliphatic rings. The van der Waals surface area contributed by atoms with Gasteiger partial charge >= 0.3 is 0 Å². The normalized spacial score (nSPS) is 11.8. The van der Waals surface area contributed by atoms with Gasteiger partial charge in [-0.2, -0.15) is 0 Å². The minimum Gasteiger partial charge on any atom is -0.457 e. The number of anilines is 1. The summed E-state index contributed by atoms with van der Waals surface area (Å²) in [7, 11) is -4.21. The van der Waals surface area contributed by atoms with Crippen LogP contribution in [0.25, 0.3) is 0 Å². The predicted molar refractivity (Wildman–Crippen MR) is 183 cm³/mol. The highest BCUT2D eigenvalue weighted by atomic mass is 35.5. The number of ether oxygens (including phenoxy) is 1. The first-order valence-electron chi connectivity index (χ1n) is 14.9. The number of para-hydroxylation sites is 1. The zero-order valence-corrected chi connectivity index (χ0v) is 28.3. The van der Waals surface area contributed by atoms with Gasteiger partial charge in [0.05, 0.1) is 20.6 Å². The van der Waals surface area contributed by atoms with Crippen molar-refractivity contribution < 1.29 is 22.7 Å². The van der Waals surface area contributed by atoms with Gasteiger partial charge in [-0.05, 0) is 86.5 Å². The molecule has 11 heteroatoms. The fraction of sp³-hybridized carbons (Fsp3) is 0.257. The van der Waals surface area contributed by atoms with Gasteiger partial charge in [-0.1, -0.05) is 78.5 Å². The highest BCUT2D eigenvalue weighted by molar-refractivity contribution is 7.92. The number of sulfonamides is 1. The summed E-state index contributed by atoms with van der Waals surface area (Å²) >= 11 is 12.4. The molecular formula is C35H37Cl2N3O5S. The number of carbonyl (C=O) groups is 2. The molecule has 46 heavy (non-hydrogen) atoms. The Kier molecular flexibility index (Phi) is 12.1. The Balaban J connectivity index is 1.70. The molecule has 242 valence electrons. The maximum atomic E-state index is 14.2. The van der Waals surface area contributed by atoms with Crippen molar-refractivity contribution in [1.82, 2.24) is 10.2 Å². The summed E-state index contributed by atoms with van der Waals surface area (Å²) in [6.45, 7) is 5.38. The van der Waals surface area contributed by atoms with Crippen molar-refractivity contribution in [1.29, 1.82) is 0 Å².